The molecule has 0 unspecified atom stereocenters. The molecule has 0 spiro atoms. The van der Waals surface area contributed by atoms with Gasteiger partial charge < -0.3 is 14.2 Å². The minimum absolute atomic E-state index is 0.351. The highest BCUT2D eigenvalue weighted by molar-refractivity contribution is 5.89. The molecule has 1 fully saturated rings. The minimum atomic E-state index is -0.351. The van der Waals surface area contributed by atoms with Gasteiger partial charge in [0.15, 0.2) is 11.5 Å². The van der Waals surface area contributed by atoms with Crippen molar-refractivity contribution in [1.29, 1.82) is 0 Å². The third kappa shape index (κ3) is 5.25. The van der Waals surface area contributed by atoms with E-state index in [2.05, 4.69) is 10.1 Å². The number of ether oxygens (including phenoxy) is 3. The highest BCUT2D eigenvalue weighted by Gasteiger charge is 2.09. The highest BCUT2D eigenvalue weighted by Crippen LogP contribution is 2.28. The molecule has 1 saturated heterocycles. The maximum absolute atomic E-state index is 11.5. The summed E-state index contributed by atoms with van der Waals surface area (Å²) in [5, 5.41) is 6.67. The highest BCUT2D eigenvalue weighted by atomic mass is 16.5. The minimum Gasteiger partial charge on any atom is -0.493 e. The molecule has 28 heavy (non-hydrogen) atoms. The lowest BCUT2D eigenvalue weighted by Gasteiger charge is -2.23. The number of nitrogens with zero attached hydrogens (tertiary/aromatic N) is 2. The Labute approximate surface area is 165 Å². The zero-order valence-electron chi connectivity index (χ0n) is 16.4. The van der Waals surface area contributed by atoms with Gasteiger partial charge in [-0.1, -0.05) is 12.1 Å². The van der Waals surface area contributed by atoms with E-state index in [9.17, 15) is 4.79 Å². The van der Waals surface area contributed by atoms with Gasteiger partial charge in [0.25, 0.3) is 0 Å². The van der Waals surface area contributed by atoms with Crippen LogP contribution in [-0.4, -0.2) is 44.5 Å². The number of hydrogen-bond acceptors (Lipinski definition) is 6. The summed E-state index contributed by atoms with van der Waals surface area (Å²) in [4.78, 5) is 11.5. The van der Waals surface area contributed by atoms with E-state index < -0.39 is 0 Å². The third-order valence-electron chi connectivity index (χ3n) is 4.66. The molecule has 0 radical (unpaired) electrons. The fraction of sp³-hybridized carbons (Fsp3) is 0.364. The summed E-state index contributed by atoms with van der Waals surface area (Å²) in [6.45, 7) is 2.41. The van der Waals surface area contributed by atoms with Crippen LogP contribution < -0.4 is 9.47 Å². The van der Waals surface area contributed by atoms with Crippen molar-refractivity contribution in [3.8, 4) is 11.5 Å². The van der Waals surface area contributed by atoms with Crippen molar-refractivity contribution in [2.45, 2.75) is 25.9 Å². The second-order valence-electron chi connectivity index (χ2n) is 6.65. The van der Waals surface area contributed by atoms with Gasteiger partial charge in [-0.05, 0) is 60.7 Å². The van der Waals surface area contributed by atoms with Crippen LogP contribution >= 0.6 is 0 Å². The summed E-state index contributed by atoms with van der Waals surface area (Å²) in [6, 6.07) is 12.9. The Kier molecular flexibility index (Phi) is 6.89. The molecular formula is C22H26N2O4. The number of rotatable bonds is 7. The number of piperidine rings is 1. The number of carbonyl (C=O) groups is 1. The van der Waals surface area contributed by atoms with Gasteiger partial charge in [0.05, 0.1) is 26.0 Å². The molecule has 2 aromatic carbocycles. The van der Waals surface area contributed by atoms with Gasteiger partial charge in [0.2, 0.25) is 0 Å². The van der Waals surface area contributed by atoms with Crippen molar-refractivity contribution < 1.29 is 19.0 Å². The quantitative estimate of drug-likeness (QED) is 0.537. The molecule has 0 aliphatic carbocycles. The molecule has 6 nitrogen and oxygen atoms in total. The number of carbonyl (C=O) groups excluding carboxylic acids is 1. The van der Waals surface area contributed by atoms with Gasteiger partial charge in [0, 0.05) is 13.1 Å². The van der Waals surface area contributed by atoms with Crippen molar-refractivity contribution in [2.75, 3.05) is 27.3 Å². The molecule has 6 heteroatoms. The fourth-order valence-electron chi connectivity index (χ4n) is 3.04. The van der Waals surface area contributed by atoms with Crippen LogP contribution in [0.3, 0.4) is 0 Å². The topological polar surface area (TPSA) is 60.4 Å². The van der Waals surface area contributed by atoms with Gasteiger partial charge in [-0.25, -0.2) is 4.79 Å². The first-order valence-electron chi connectivity index (χ1n) is 9.46. The van der Waals surface area contributed by atoms with Crippen molar-refractivity contribution >= 4 is 12.2 Å². The first kappa shape index (κ1) is 19.7. The molecule has 1 heterocycles. The van der Waals surface area contributed by atoms with Gasteiger partial charge >= 0.3 is 5.97 Å². The van der Waals surface area contributed by atoms with Crippen LogP contribution in [0.1, 0.15) is 40.7 Å². The lowest BCUT2D eigenvalue weighted by molar-refractivity contribution is 0.0600. The van der Waals surface area contributed by atoms with Crippen molar-refractivity contribution in [3.63, 3.8) is 0 Å². The number of hydrogen-bond donors (Lipinski definition) is 0. The normalized spacial score (nSPS) is 14.1. The van der Waals surface area contributed by atoms with Crippen molar-refractivity contribution in [1.82, 2.24) is 5.01 Å². The van der Waals surface area contributed by atoms with E-state index in [0.29, 0.717) is 23.7 Å². The molecule has 0 bridgehead atoms. The van der Waals surface area contributed by atoms with E-state index in [-0.39, 0.29) is 5.97 Å². The molecular weight excluding hydrogens is 356 g/mol. The summed E-state index contributed by atoms with van der Waals surface area (Å²) in [7, 11) is 2.99. The molecule has 1 aliphatic heterocycles. The predicted octanol–water partition coefficient (Wildman–Crippen LogP) is 3.88. The second-order valence-corrected chi connectivity index (χ2v) is 6.65. The first-order chi connectivity index (χ1) is 13.7. The maximum Gasteiger partial charge on any atom is 0.337 e. The molecule has 1 aliphatic rings. The monoisotopic (exact) mass is 382 g/mol. The van der Waals surface area contributed by atoms with E-state index in [1.807, 2.05) is 36.5 Å². The first-order valence-corrected chi connectivity index (χ1v) is 9.46. The molecule has 0 N–H and O–H groups in total. The van der Waals surface area contributed by atoms with E-state index in [4.69, 9.17) is 14.2 Å². The fourth-order valence-corrected chi connectivity index (χ4v) is 3.04. The van der Waals surface area contributed by atoms with E-state index in [1.165, 1.54) is 26.4 Å². The third-order valence-corrected chi connectivity index (χ3v) is 4.66. The number of benzene rings is 2. The summed E-state index contributed by atoms with van der Waals surface area (Å²) in [5.74, 6) is 0.972. The van der Waals surface area contributed by atoms with Crippen molar-refractivity contribution in [2.24, 2.45) is 5.10 Å². The van der Waals surface area contributed by atoms with Gasteiger partial charge in [-0.2, -0.15) is 5.10 Å². The zero-order chi connectivity index (χ0) is 19.8. The maximum atomic E-state index is 11.5. The van der Waals surface area contributed by atoms with Crippen LogP contribution in [0.25, 0.3) is 0 Å². The molecule has 0 aromatic heterocycles. The Bertz CT molecular complexity index is 812. The van der Waals surface area contributed by atoms with Gasteiger partial charge in [-0.15, -0.1) is 0 Å². The average molecular weight is 382 g/mol. The largest absolute Gasteiger partial charge is 0.493 e. The summed E-state index contributed by atoms with van der Waals surface area (Å²) >= 11 is 0. The molecule has 0 saturated carbocycles. The average Bonchev–Trinajstić information content (AvgIpc) is 2.77. The van der Waals surface area contributed by atoms with Crippen LogP contribution in [0.5, 0.6) is 11.5 Å². The Hall–Kier alpha value is -3.02. The zero-order valence-corrected chi connectivity index (χ0v) is 16.4. The predicted molar refractivity (Wildman–Crippen MR) is 108 cm³/mol. The smallest absolute Gasteiger partial charge is 0.337 e. The molecule has 2 aromatic rings. The van der Waals surface area contributed by atoms with Crippen LogP contribution in [0, 0.1) is 0 Å². The Morgan fingerprint density at radius 2 is 1.79 bits per heavy atom. The van der Waals surface area contributed by atoms with E-state index in [1.54, 1.807) is 19.2 Å². The van der Waals surface area contributed by atoms with E-state index >= 15 is 0 Å². The molecule has 0 atom stereocenters. The summed E-state index contributed by atoms with van der Waals surface area (Å²) < 4.78 is 16.1. The van der Waals surface area contributed by atoms with Gasteiger partial charge in [0.1, 0.15) is 6.61 Å². The van der Waals surface area contributed by atoms with Crippen LogP contribution in [0.15, 0.2) is 47.6 Å². The molecule has 0 amide bonds. The number of methoxy groups -OCH3 is 2. The molecule has 3 rings (SSSR count). The van der Waals surface area contributed by atoms with Crippen LogP contribution in [-0.2, 0) is 11.3 Å². The summed E-state index contributed by atoms with van der Waals surface area (Å²) in [6.07, 6.45) is 5.56. The second kappa shape index (κ2) is 9.78. The number of esters is 1. The SMILES string of the molecule is COC(=O)c1ccc(COc2ccc(/C=N\N3CCCCC3)cc2OC)cc1. The lowest BCUT2D eigenvalue weighted by Crippen LogP contribution is -2.24. The van der Waals surface area contributed by atoms with Crippen molar-refractivity contribution in [3.05, 3.63) is 59.2 Å². The lowest BCUT2D eigenvalue weighted by atomic mass is 10.1. The number of hydrazone groups is 1. The van der Waals surface area contributed by atoms with Crippen LogP contribution in [0.4, 0.5) is 0 Å². The molecule has 148 valence electrons. The van der Waals surface area contributed by atoms with E-state index in [0.717, 1.165) is 24.2 Å². The van der Waals surface area contributed by atoms with Crippen LogP contribution in [0.2, 0.25) is 0 Å². The van der Waals surface area contributed by atoms with Gasteiger partial charge in [-0.3, -0.25) is 5.01 Å². The summed E-state index contributed by atoms with van der Waals surface area (Å²) in [5.41, 5.74) is 2.43. The standard InChI is InChI=1S/C22H26N2O4/c1-26-21-14-18(15-23-24-12-4-3-5-13-24)8-11-20(21)28-16-17-6-9-19(10-7-17)22(25)27-2/h6-11,14-15H,3-5,12-13,16H2,1-2H3/b23-15-. The Morgan fingerprint density at radius 1 is 1.04 bits per heavy atom. The Morgan fingerprint density at radius 3 is 2.46 bits per heavy atom. The Balaban J connectivity index is 1.62.